The molecule has 164 valence electrons. The van der Waals surface area contributed by atoms with Gasteiger partial charge in [0.15, 0.2) is 5.96 Å². The van der Waals surface area contributed by atoms with Crippen LogP contribution in [-0.2, 0) is 4.74 Å². The number of halogens is 2. The molecule has 2 aromatic rings. The van der Waals surface area contributed by atoms with Crippen molar-refractivity contribution in [2.75, 3.05) is 45.8 Å². The summed E-state index contributed by atoms with van der Waals surface area (Å²) in [7, 11) is 3.31. The summed E-state index contributed by atoms with van der Waals surface area (Å²) in [6.45, 7) is 1.97. The Morgan fingerprint density at radius 1 is 1.07 bits per heavy atom. The lowest BCUT2D eigenvalue weighted by Crippen LogP contribution is -2.38. The SMILES string of the molecule is CN=C(NCCNC(=O)c1ccccc1F)Nc1cccc(OCCCOC)c1.I. The van der Waals surface area contributed by atoms with E-state index in [1.807, 2.05) is 24.3 Å². The second-order valence-electron chi connectivity index (χ2n) is 6.08. The van der Waals surface area contributed by atoms with Crippen molar-refractivity contribution in [2.45, 2.75) is 6.42 Å². The van der Waals surface area contributed by atoms with Crippen LogP contribution in [0.3, 0.4) is 0 Å². The van der Waals surface area contributed by atoms with Crippen LogP contribution in [0.15, 0.2) is 53.5 Å². The Balaban J connectivity index is 0.00000450. The van der Waals surface area contributed by atoms with E-state index >= 15 is 0 Å². The van der Waals surface area contributed by atoms with Crippen molar-refractivity contribution in [3.63, 3.8) is 0 Å². The number of carbonyl (C=O) groups excluding carboxylic acids is 1. The molecule has 1 amide bonds. The maximum Gasteiger partial charge on any atom is 0.254 e. The van der Waals surface area contributed by atoms with Gasteiger partial charge >= 0.3 is 0 Å². The molecule has 0 unspecified atom stereocenters. The molecular formula is C21H28FIN4O3. The van der Waals surface area contributed by atoms with Gasteiger partial charge in [0.1, 0.15) is 11.6 Å². The fraction of sp³-hybridized carbons (Fsp3) is 0.333. The maximum absolute atomic E-state index is 13.6. The van der Waals surface area contributed by atoms with Crippen molar-refractivity contribution < 1.29 is 18.7 Å². The highest BCUT2D eigenvalue weighted by molar-refractivity contribution is 14.0. The Bertz CT molecular complexity index is 820. The molecule has 0 aliphatic rings. The van der Waals surface area contributed by atoms with Crippen molar-refractivity contribution in [3.05, 3.63) is 59.9 Å². The number of nitrogens with one attached hydrogen (secondary N) is 3. The summed E-state index contributed by atoms with van der Waals surface area (Å²) < 4.78 is 24.3. The fourth-order valence-corrected chi connectivity index (χ4v) is 2.47. The molecule has 0 radical (unpaired) electrons. The zero-order valence-corrected chi connectivity index (χ0v) is 19.4. The number of rotatable bonds is 10. The lowest BCUT2D eigenvalue weighted by molar-refractivity contribution is 0.0950. The predicted molar refractivity (Wildman–Crippen MR) is 128 cm³/mol. The quantitative estimate of drug-likeness (QED) is 0.190. The third kappa shape index (κ3) is 8.95. The van der Waals surface area contributed by atoms with Gasteiger partial charge in [0.05, 0.1) is 12.2 Å². The standard InChI is InChI=1S/C21H27FN4O3.HI/c1-23-21(25-12-11-24-20(27)18-9-3-4-10-19(18)22)26-16-7-5-8-17(15-16)29-14-6-13-28-2;/h3-5,7-10,15H,6,11-14H2,1-2H3,(H,24,27)(H2,23,25,26);1H. The molecule has 3 N–H and O–H groups in total. The lowest BCUT2D eigenvalue weighted by atomic mass is 10.2. The molecule has 0 aliphatic heterocycles. The Morgan fingerprint density at radius 2 is 1.83 bits per heavy atom. The number of hydrogen-bond donors (Lipinski definition) is 3. The number of aliphatic imine (C=N–C) groups is 1. The van der Waals surface area contributed by atoms with Gasteiger partial charge in [0, 0.05) is 52.0 Å². The van der Waals surface area contributed by atoms with Crippen LogP contribution in [0, 0.1) is 5.82 Å². The van der Waals surface area contributed by atoms with Crippen molar-refractivity contribution >= 4 is 41.5 Å². The summed E-state index contributed by atoms with van der Waals surface area (Å²) in [6.07, 6.45) is 0.815. The van der Waals surface area contributed by atoms with Crippen molar-refractivity contribution in [1.82, 2.24) is 10.6 Å². The molecule has 2 aromatic carbocycles. The van der Waals surface area contributed by atoms with E-state index in [0.29, 0.717) is 32.3 Å². The highest BCUT2D eigenvalue weighted by atomic mass is 127. The Hall–Kier alpha value is -2.40. The largest absolute Gasteiger partial charge is 0.493 e. The van der Waals surface area contributed by atoms with E-state index in [1.54, 1.807) is 26.3 Å². The number of anilines is 1. The summed E-state index contributed by atoms with van der Waals surface area (Å²) in [5.41, 5.74) is 0.843. The topological polar surface area (TPSA) is 84.0 Å². The first-order chi connectivity index (χ1) is 14.1. The second-order valence-corrected chi connectivity index (χ2v) is 6.08. The van der Waals surface area contributed by atoms with Gasteiger partial charge in [-0.15, -0.1) is 24.0 Å². The van der Waals surface area contributed by atoms with E-state index in [0.717, 1.165) is 17.9 Å². The average Bonchev–Trinajstić information content (AvgIpc) is 2.74. The van der Waals surface area contributed by atoms with Crippen molar-refractivity contribution in [2.24, 2.45) is 4.99 Å². The van der Waals surface area contributed by atoms with Gasteiger partial charge in [-0.05, 0) is 24.3 Å². The molecule has 7 nitrogen and oxygen atoms in total. The monoisotopic (exact) mass is 530 g/mol. The minimum Gasteiger partial charge on any atom is -0.493 e. The minimum absolute atomic E-state index is 0. The molecule has 30 heavy (non-hydrogen) atoms. The van der Waals surface area contributed by atoms with Crippen LogP contribution < -0.4 is 20.7 Å². The fourth-order valence-electron chi connectivity index (χ4n) is 2.47. The molecule has 0 aromatic heterocycles. The van der Waals surface area contributed by atoms with Crippen LogP contribution >= 0.6 is 24.0 Å². The van der Waals surface area contributed by atoms with Gasteiger partial charge < -0.3 is 25.4 Å². The molecule has 2 rings (SSSR count). The number of benzene rings is 2. The Morgan fingerprint density at radius 3 is 2.57 bits per heavy atom. The van der Waals surface area contributed by atoms with E-state index < -0.39 is 11.7 Å². The molecule has 0 aliphatic carbocycles. The first-order valence-electron chi connectivity index (χ1n) is 9.36. The van der Waals surface area contributed by atoms with Crippen LogP contribution in [0.25, 0.3) is 0 Å². The van der Waals surface area contributed by atoms with Gasteiger partial charge in [-0.3, -0.25) is 9.79 Å². The van der Waals surface area contributed by atoms with E-state index in [9.17, 15) is 9.18 Å². The summed E-state index contributed by atoms with van der Waals surface area (Å²) >= 11 is 0. The molecule has 0 bridgehead atoms. The number of guanidine groups is 1. The molecule has 0 heterocycles. The number of amides is 1. The zero-order chi connectivity index (χ0) is 20.9. The van der Waals surface area contributed by atoms with Crippen LogP contribution in [0.1, 0.15) is 16.8 Å². The van der Waals surface area contributed by atoms with E-state index in [1.165, 1.54) is 12.1 Å². The third-order valence-corrected chi connectivity index (χ3v) is 3.90. The van der Waals surface area contributed by atoms with E-state index in [-0.39, 0.29) is 29.5 Å². The maximum atomic E-state index is 13.6. The molecule has 0 atom stereocenters. The first-order valence-corrected chi connectivity index (χ1v) is 9.36. The molecule has 0 saturated heterocycles. The third-order valence-electron chi connectivity index (χ3n) is 3.90. The number of nitrogens with zero attached hydrogens (tertiary/aromatic N) is 1. The van der Waals surface area contributed by atoms with Crippen LogP contribution in [0.2, 0.25) is 0 Å². The predicted octanol–water partition coefficient (Wildman–Crippen LogP) is 3.28. The van der Waals surface area contributed by atoms with E-state index in [4.69, 9.17) is 9.47 Å². The highest BCUT2D eigenvalue weighted by Gasteiger charge is 2.09. The van der Waals surface area contributed by atoms with Gasteiger partial charge in [0.25, 0.3) is 5.91 Å². The smallest absolute Gasteiger partial charge is 0.254 e. The summed E-state index contributed by atoms with van der Waals surface area (Å²) in [6, 6.07) is 13.4. The Kier molecular flexibility index (Phi) is 12.4. The molecule has 0 saturated carbocycles. The summed E-state index contributed by atoms with van der Waals surface area (Å²) in [5, 5.41) is 8.92. The normalized spacial score (nSPS) is 10.7. The highest BCUT2D eigenvalue weighted by Crippen LogP contribution is 2.17. The van der Waals surface area contributed by atoms with Crippen molar-refractivity contribution in [1.29, 1.82) is 0 Å². The van der Waals surface area contributed by atoms with E-state index in [2.05, 4.69) is 20.9 Å². The zero-order valence-electron chi connectivity index (χ0n) is 17.1. The van der Waals surface area contributed by atoms with Gasteiger partial charge in [-0.1, -0.05) is 18.2 Å². The second kappa shape index (κ2) is 14.6. The van der Waals surface area contributed by atoms with Gasteiger partial charge in [-0.2, -0.15) is 0 Å². The molecule has 0 fully saturated rings. The van der Waals surface area contributed by atoms with Crippen molar-refractivity contribution in [3.8, 4) is 5.75 Å². The number of methoxy groups -OCH3 is 1. The van der Waals surface area contributed by atoms with Crippen LogP contribution in [0.4, 0.5) is 10.1 Å². The Labute approximate surface area is 193 Å². The minimum atomic E-state index is -0.542. The number of carbonyl (C=O) groups is 1. The molecule has 9 heteroatoms. The van der Waals surface area contributed by atoms with Crippen LogP contribution in [0.5, 0.6) is 5.75 Å². The van der Waals surface area contributed by atoms with Gasteiger partial charge in [-0.25, -0.2) is 4.39 Å². The summed E-state index contributed by atoms with van der Waals surface area (Å²) in [5.74, 6) is 0.298. The first kappa shape index (κ1) is 25.6. The molecular weight excluding hydrogens is 502 g/mol. The lowest BCUT2D eigenvalue weighted by Gasteiger charge is -2.13. The summed E-state index contributed by atoms with van der Waals surface area (Å²) in [4.78, 5) is 16.1. The number of hydrogen-bond acceptors (Lipinski definition) is 4. The average molecular weight is 530 g/mol. The molecule has 0 spiro atoms. The van der Waals surface area contributed by atoms with Crippen LogP contribution in [-0.4, -0.2) is 52.3 Å². The van der Waals surface area contributed by atoms with Gasteiger partial charge in [0.2, 0.25) is 0 Å². The number of ether oxygens (including phenoxy) is 2.